The summed E-state index contributed by atoms with van der Waals surface area (Å²) < 4.78 is 29.8. The van der Waals surface area contributed by atoms with Crippen molar-refractivity contribution < 1.29 is 33.0 Å². The molecular formula is C30H35FN4O6. The van der Waals surface area contributed by atoms with E-state index in [9.17, 15) is 18.8 Å². The first-order valence-corrected chi connectivity index (χ1v) is 13.0. The number of hydrogen-bond acceptors (Lipinski definition) is 8. The fourth-order valence-electron chi connectivity index (χ4n) is 3.86. The fourth-order valence-corrected chi connectivity index (χ4v) is 3.86. The van der Waals surface area contributed by atoms with E-state index in [1.807, 2.05) is 13.8 Å². The summed E-state index contributed by atoms with van der Waals surface area (Å²) in [5.74, 6) is -0.0787. The molecule has 2 amide bonds. The van der Waals surface area contributed by atoms with Crippen LogP contribution in [0.3, 0.4) is 0 Å². The van der Waals surface area contributed by atoms with Crippen LogP contribution >= 0.6 is 0 Å². The molecular weight excluding hydrogens is 531 g/mol. The number of nitrogens with one attached hydrogen (secondary N) is 4. The second-order valence-electron chi connectivity index (χ2n) is 9.34. The minimum atomic E-state index is -0.629. The van der Waals surface area contributed by atoms with E-state index in [0.717, 1.165) is 0 Å². The molecule has 11 heteroatoms. The number of carbonyl (C=O) groups is 3. The molecule has 3 rings (SSSR count). The van der Waals surface area contributed by atoms with E-state index in [-0.39, 0.29) is 30.5 Å². The second kappa shape index (κ2) is 15.2. The molecule has 3 aromatic rings. The van der Waals surface area contributed by atoms with Crippen molar-refractivity contribution >= 4 is 34.8 Å². The predicted molar refractivity (Wildman–Crippen MR) is 156 cm³/mol. The molecule has 0 heterocycles. The second-order valence-corrected chi connectivity index (χ2v) is 9.34. The van der Waals surface area contributed by atoms with Crippen LogP contribution < -0.4 is 30.7 Å². The van der Waals surface area contributed by atoms with Gasteiger partial charge in [-0.05, 0) is 61.9 Å². The lowest BCUT2D eigenvalue weighted by Gasteiger charge is -2.16. The van der Waals surface area contributed by atoms with Gasteiger partial charge in [0.25, 0.3) is 0 Å². The highest BCUT2D eigenvalue weighted by Gasteiger charge is 2.14. The van der Waals surface area contributed by atoms with Crippen molar-refractivity contribution in [2.75, 3.05) is 49.9 Å². The Morgan fingerprint density at radius 1 is 0.878 bits per heavy atom. The highest BCUT2D eigenvalue weighted by Crippen LogP contribution is 2.28. The number of urea groups is 1. The minimum Gasteiger partial charge on any atom is -0.495 e. The predicted octanol–water partition coefficient (Wildman–Crippen LogP) is 4.87. The molecule has 0 fully saturated rings. The Hall–Kier alpha value is -4.64. The Bertz CT molecular complexity index is 1360. The van der Waals surface area contributed by atoms with E-state index in [4.69, 9.17) is 14.2 Å². The highest BCUT2D eigenvalue weighted by molar-refractivity contribution is 6.00. The SMILES string of the molecule is COC(=O)c1ccc(OCCNCC(=O)Cc2ccc(NC(=O)Nc3ccccc3F)c(OC)c2)c(NC(C)C)c1. The third-order valence-electron chi connectivity index (χ3n) is 5.74. The summed E-state index contributed by atoms with van der Waals surface area (Å²) in [7, 11) is 2.78. The molecule has 0 saturated carbocycles. The summed E-state index contributed by atoms with van der Waals surface area (Å²) >= 11 is 0. The third-order valence-corrected chi connectivity index (χ3v) is 5.74. The fraction of sp³-hybridized carbons (Fsp3) is 0.300. The molecule has 10 nitrogen and oxygen atoms in total. The number of amides is 2. The van der Waals surface area contributed by atoms with Crippen LogP contribution in [0, 0.1) is 5.82 Å². The standard InChI is InChI=1S/C30H35FN4O6/c1-19(2)33-26-17-21(29(37)40-4)10-12-27(26)41-14-13-32-18-22(36)15-20-9-11-25(28(16-20)39-3)35-30(38)34-24-8-6-5-7-23(24)31/h5-12,16-17,19,32-33H,13-15,18H2,1-4H3,(H2,34,35,38). The van der Waals surface area contributed by atoms with Crippen molar-refractivity contribution in [1.82, 2.24) is 5.32 Å². The van der Waals surface area contributed by atoms with Gasteiger partial charge in [-0.2, -0.15) is 0 Å². The van der Waals surface area contributed by atoms with Crippen molar-refractivity contribution in [3.63, 3.8) is 0 Å². The number of Topliss-reactive ketones (excluding diaryl/α,β-unsaturated/α-hetero) is 1. The van der Waals surface area contributed by atoms with Crippen LogP contribution in [0.5, 0.6) is 11.5 Å². The minimum absolute atomic E-state index is 0.0466. The molecule has 0 radical (unpaired) electrons. The van der Waals surface area contributed by atoms with Gasteiger partial charge in [0.05, 0.1) is 43.4 Å². The Balaban J connectivity index is 1.47. The Kier molecular flexibility index (Phi) is 11.5. The van der Waals surface area contributed by atoms with Crippen LogP contribution in [0.2, 0.25) is 0 Å². The number of para-hydroxylation sites is 1. The number of benzene rings is 3. The summed E-state index contributed by atoms with van der Waals surface area (Å²) in [5, 5.41) is 11.4. The smallest absolute Gasteiger partial charge is 0.337 e. The number of anilines is 3. The number of ether oxygens (including phenoxy) is 3. The lowest BCUT2D eigenvalue weighted by atomic mass is 10.1. The van der Waals surface area contributed by atoms with Gasteiger partial charge in [-0.3, -0.25) is 4.79 Å². The zero-order chi connectivity index (χ0) is 29.8. The first-order valence-electron chi connectivity index (χ1n) is 13.0. The van der Waals surface area contributed by atoms with Gasteiger partial charge in [0.2, 0.25) is 0 Å². The maximum Gasteiger partial charge on any atom is 0.337 e. The normalized spacial score (nSPS) is 10.6. The maximum atomic E-state index is 13.8. The van der Waals surface area contributed by atoms with Crippen LogP contribution in [-0.2, 0) is 16.0 Å². The lowest BCUT2D eigenvalue weighted by molar-refractivity contribution is -0.117. The summed E-state index contributed by atoms with van der Waals surface area (Å²) in [5.41, 5.74) is 2.22. The molecule has 3 aromatic carbocycles. The number of ketones is 1. The number of carbonyl (C=O) groups excluding carboxylic acids is 3. The van der Waals surface area contributed by atoms with Crippen molar-refractivity contribution in [3.8, 4) is 11.5 Å². The Morgan fingerprint density at radius 3 is 2.34 bits per heavy atom. The third kappa shape index (κ3) is 9.50. The number of rotatable bonds is 14. The summed E-state index contributed by atoms with van der Waals surface area (Å²) in [6.07, 6.45) is 0.156. The van der Waals surface area contributed by atoms with Crippen LogP contribution in [0.4, 0.5) is 26.2 Å². The first-order chi connectivity index (χ1) is 19.7. The molecule has 0 saturated heterocycles. The van der Waals surface area contributed by atoms with Gasteiger partial charge in [-0.15, -0.1) is 0 Å². The van der Waals surface area contributed by atoms with Crippen LogP contribution in [0.15, 0.2) is 60.7 Å². The molecule has 0 aliphatic carbocycles. The topological polar surface area (TPSA) is 127 Å². The molecule has 0 aliphatic rings. The van der Waals surface area contributed by atoms with Crippen molar-refractivity contribution in [3.05, 3.63) is 77.6 Å². The summed E-state index contributed by atoms with van der Waals surface area (Å²) in [4.78, 5) is 36.7. The van der Waals surface area contributed by atoms with Gasteiger partial charge in [-0.1, -0.05) is 18.2 Å². The van der Waals surface area contributed by atoms with Crippen LogP contribution in [0.25, 0.3) is 0 Å². The van der Waals surface area contributed by atoms with E-state index in [0.29, 0.717) is 47.2 Å². The van der Waals surface area contributed by atoms with Gasteiger partial charge < -0.3 is 35.5 Å². The van der Waals surface area contributed by atoms with Crippen LogP contribution in [-0.4, -0.2) is 57.7 Å². The van der Waals surface area contributed by atoms with E-state index in [1.165, 1.54) is 32.4 Å². The summed E-state index contributed by atoms with van der Waals surface area (Å²) in [6.45, 7) is 4.82. The number of halogens is 1. The largest absolute Gasteiger partial charge is 0.495 e. The molecule has 0 bridgehead atoms. The molecule has 4 N–H and O–H groups in total. The molecule has 218 valence electrons. The van der Waals surface area contributed by atoms with Crippen LogP contribution in [0.1, 0.15) is 29.8 Å². The van der Waals surface area contributed by atoms with E-state index >= 15 is 0 Å². The van der Waals surface area contributed by atoms with Gasteiger partial charge in [0.1, 0.15) is 23.9 Å². The van der Waals surface area contributed by atoms with Crippen molar-refractivity contribution in [2.45, 2.75) is 26.3 Å². The zero-order valence-electron chi connectivity index (χ0n) is 23.5. The van der Waals surface area contributed by atoms with Crippen molar-refractivity contribution in [2.24, 2.45) is 0 Å². The molecule has 0 aliphatic heterocycles. The van der Waals surface area contributed by atoms with Gasteiger partial charge in [-0.25, -0.2) is 14.0 Å². The molecule has 0 unspecified atom stereocenters. The molecule has 0 aromatic heterocycles. The van der Waals surface area contributed by atoms with E-state index in [2.05, 4.69) is 21.3 Å². The van der Waals surface area contributed by atoms with E-state index in [1.54, 1.807) is 42.5 Å². The number of methoxy groups -OCH3 is 2. The quantitative estimate of drug-likeness (QED) is 0.161. The van der Waals surface area contributed by atoms with Crippen molar-refractivity contribution in [1.29, 1.82) is 0 Å². The van der Waals surface area contributed by atoms with Gasteiger partial charge >= 0.3 is 12.0 Å². The zero-order valence-corrected chi connectivity index (χ0v) is 23.5. The average molecular weight is 567 g/mol. The van der Waals surface area contributed by atoms with Gasteiger partial charge in [0.15, 0.2) is 5.78 Å². The maximum absolute atomic E-state index is 13.8. The highest BCUT2D eigenvalue weighted by atomic mass is 19.1. The number of esters is 1. The first kappa shape index (κ1) is 30.9. The number of hydrogen-bond donors (Lipinski definition) is 4. The lowest BCUT2D eigenvalue weighted by Crippen LogP contribution is -2.28. The molecule has 0 atom stereocenters. The van der Waals surface area contributed by atoms with E-state index < -0.39 is 17.8 Å². The van der Waals surface area contributed by atoms with Gasteiger partial charge in [0, 0.05) is 19.0 Å². The summed E-state index contributed by atoms with van der Waals surface area (Å²) in [6, 6.07) is 15.4. The molecule has 41 heavy (non-hydrogen) atoms. The Labute approximate surface area is 238 Å². The monoisotopic (exact) mass is 566 g/mol. The molecule has 0 spiro atoms. The Morgan fingerprint density at radius 2 is 1.63 bits per heavy atom. The average Bonchev–Trinajstić information content (AvgIpc) is 2.94.